The maximum absolute atomic E-state index is 15.0. The van der Waals surface area contributed by atoms with Gasteiger partial charge in [-0.05, 0) is 29.8 Å². The van der Waals surface area contributed by atoms with Crippen molar-refractivity contribution in [2.45, 2.75) is 13.0 Å². The molecule has 0 atom stereocenters. The van der Waals surface area contributed by atoms with Crippen LogP contribution in [-0.4, -0.2) is 29.9 Å². The van der Waals surface area contributed by atoms with Gasteiger partial charge in [-0.3, -0.25) is 4.98 Å². The van der Waals surface area contributed by atoms with Crippen LogP contribution >= 0.6 is 23.2 Å². The maximum Gasteiger partial charge on any atom is 0.183 e. The van der Waals surface area contributed by atoms with E-state index in [0.29, 0.717) is 49.9 Å². The number of nitrogens with zero attached hydrogens (tertiary/aromatic N) is 4. The Morgan fingerprint density at radius 3 is 2.85 bits per heavy atom. The second-order valence-electron chi connectivity index (χ2n) is 7.91. The predicted molar refractivity (Wildman–Crippen MR) is 132 cm³/mol. The Morgan fingerprint density at radius 1 is 1.03 bits per heavy atom. The Hall–Kier alpha value is -3.75. The van der Waals surface area contributed by atoms with Gasteiger partial charge in [-0.1, -0.05) is 35.3 Å². The van der Waals surface area contributed by atoms with Gasteiger partial charge in [-0.25, -0.2) is 19.3 Å². The van der Waals surface area contributed by atoms with Crippen LogP contribution in [0.25, 0.3) is 33.0 Å². The average molecular weight is 492 g/mol. The summed E-state index contributed by atoms with van der Waals surface area (Å²) in [5, 5.41) is 5.47. The summed E-state index contributed by atoms with van der Waals surface area (Å²) in [5.74, 6) is 0.912. The zero-order chi connectivity index (χ0) is 23.2. The van der Waals surface area contributed by atoms with Crippen LogP contribution in [0.4, 0.5) is 10.2 Å². The van der Waals surface area contributed by atoms with Gasteiger partial charge >= 0.3 is 0 Å². The van der Waals surface area contributed by atoms with Crippen molar-refractivity contribution in [1.82, 2.24) is 29.9 Å². The molecule has 6 aromatic rings. The molecule has 6 rings (SSSR count). The molecule has 0 aliphatic carbocycles. The Balaban J connectivity index is 1.27. The minimum Gasteiger partial charge on any atom is -0.364 e. The summed E-state index contributed by atoms with van der Waals surface area (Å²) in [6.45, 7) is 0.224. The first kappa shape index (κ1) is 20.8. The van der Waals surface area contributed by atoms with Gasteiger partial charge in [0.1, 0.15) is 23.5 Å². The third-order valence-electron chi connectivity index (χ3n) is 5.68. The molecule has 0 fully saturated rings. The number of hydrogen-bond acceptors (Lipinski definition) is 5. The number of aromatic nitrogens is 6. The van der Waals surface area contributed by atoms with Crippen LogP contribution in [0, 0.1) is 5.82 Å². The normalized spacial score (nSPS) is 11.6. The number of rotatable bonds is 5. The molecule has 4 heterocycles. The van der Waals surface area contributed by atoms with E-state index >= 15 is 0 Å². The van der Waals surface area contributed by atoms with E-state index in [9.17, 15) is 4.39 Å². The second kappa shape index (κ2) is 8.23. The molecule has 34 heavy (non-hydrogen) atoms. The number of aromatic amines is 2. The summed E-state index contributed by atoms with van der Waals surface area (Å²) in [7, 11) is 0. The SMILES string of the molecule is Fc1c(CNc2ncnc3nc(Cc4ccc5ncc(Cl)cc5c4)[nH]c23)ccc2[nH]cc(Cl)c12. The molecule has 0 radical (unpaired) electrons. The third-order valence-corrected chi connectivity index (χ3v) is 6.19. The Kier molecular flexibility index (Phi) is 5.04. The molecule has 0 unspecified atom stereocenters. The van der Waals surface area contributed by atoms with Crippen LogP contribution < -0.4 is 5.32 Å². The average Bonchev–Trinajstić information content (AvgIpc) is 3.42. The number of halogens is 3. The molecule has 10 heteroatoms. The van der Waals surface area contributed by atoms with E-state index in [1.807, 2.05) is 24.3 Å². The maximum atomic E-state index is 15.0. The van der Waals surface area contributed by atoms with Crippen LogP contribution in [0.1, 0.15) is 17.0 Å². The quantitative estimate of drug-likeness (QED) is 0.273. The van der Waals surface area contributed by atoms with Crippen LogP contribution in [0.3, 0.4) is 0 Å². The number of benzene rings is 2. The molecule has 3 N–H and O–H groups in total. The highest BCUT2D eigenvalue weighted by molar-refractivity contribution is 6.35. The highest BCUT2D eigenvalue weighted by Crippen LogP contribution is 2.28. The molecule has 168 valence electrons. The molecule has 0 saturated heterocycles. The number of pyridine rings is 1. The molecule has 0 aliphatic heterocycles. The van der Waals surface area contributed by atoms with Crippen molar-refractivity contribution in [3.63, 3.8) is 0 Å². The number of anilines is 1. The van der Waals surface area contributed by atoms with E-state index in [4.69, 9.17) is 23.2 Å². The molecule has 0 bridgehead atoms. The molecular formula is C24H16Cl2FN7. The molecule has 0 saturated carbocycles. The largest absolute Gasteiger partial charge is 0.364 e. The van der Waals surface area contributed by atoms with Crippen LogP contribution in [-0.2, 0) is 13.0 Å². The Bertz CT molecular complexity index is 1690. The fourth-order valence-electron chi connectivity index (χ4n) is 4.05. The zero-order valence-corrected chi connectivity index (χ0v) is 19.0. The molecule has 4 aromatic heterocycles. The lowest BCUT2D eigenvalue weighted by molar-refractivity contribution is 0.625. The van der Waals surface area contributed by atoms with E-state index in [1.54, 1.807) is 24.5 Å². The van der Waals surface area contributed by atoms with Crippen molar-refractivity contribution in [3.8, 4) is 0 Å². The van der Waals surface area contributed by atoms with Crippen molar-refractivity contribution in [3.05, 3.63) is 87.9 Å². The van der Waals surface area contributed by atoms with E-state index in [1.165, 1.54) is 6.33 Å². The van der Waals surface area contributed by atoms with Gasteiger partial charge in [0.05, 0.1) is 20.9 Å². The number of imidazole rings is 1. The first-order valence-electron chi connectivity index (χ1n) is 10.5. The lowest BCUT2D eigenvalue weighted by Crippen LogP contribution is -2.04. The highest BCUT2D eigenvalue weighted by atomic mass is 35.5. The molecule has 2 aromatic carbocycles. The van der Waals surface area contributed by atoms with E-state index in [-0.39, 0.29) is 12.4 Å². The van der Waals surface area contributed by atoms with Crippen LogP contribution in [0.15, 0.2) is 55.1 Å². The second-order valence-corrected chi connectivity index (χ2v) is 8.76. The summed E-state index contributed by atoms with van der Waals surface area (Å²) >= 11 is 12.2. The summed E-state index contributed by atoms with van der Waals surface area (Å²) in [4.78, 5) is 23.8. The van der Waals surface area contributed by atoms with Gasteiger partial charge in [0.2, 0.25) is 0 Å². The van der Waals surface area contributed by atoms with E-state index < -0.39 is 0 Å². The first-order valence-corrected chi connectivity index (χ1v) is 11.2. The van der Waals surface area contributed by atoms with Crippen molar-refractivity contribution >= 4 is 62.0 Å². The zero-order valence-electron chi connectivity index (χ0n) is 17.5. The van der Waals surface area contributed by atoms with Gasteiger partial charge in [0.25, 0.3) is 0 Å². The monoisotopic (exact) mass is 491 g/mol. The van der Waals surface area contributed by atoms with E-state index in [0.717, 1.165) is 22.3 Å². The number of nitrogens with one attached hydrogen (secondary N) is 3. The number of hydrogen-bond donors (Lipinski definition) is 3. The smallest absolute Gasteiger partial charge is 0.183 e. The Morgan fingerprint density at radius 2 is 1.94 bits per heavy atom. The predicted octanol–water partition coefficient (Wildman–Crippen LogP) is 6.03. The number of H-pyrrole nitrogens is 2. The lowest BCUT2D eigenvalue weighted by atomic mass is 10.1. The molecule has 7 nitrogen and oxygen atoms in total. The first-order chi connectivity index (χ1) is 16.5. The molecular weight excluding hydrogens is 476 g/mol. The minimum absolute atomic E-state index is 0.224. The molecule has 0 aliphatic rings. The fraction of sp³-hybridized carbons (Fsp3) is 0.0833. The van der Waals surface area contributed by atoms with Crippen molar-refractivity contribution in [1.29, 1.82) is 0 Å². The molecule has 0 amide bonds. The van der Waals surface area contributed by atoms with Crippen LogP contribution in [0.5, 0.6) is 0 Å². The third kappa shape index (κ3) is 3.70. The summed E-state index contributed by atoms with van der Waals surface area (Å²) in [6.07, 6.45) is 5.21. The van der Waals surface area contributed by atoms with Crippen molar-refractivity contribution < 1.29 is 4.39 Å². The van der Waals surface area contributed by atoms with Crippen molar-refractivity contribution in [2.24, 2.45) is 0 Å². The molecule has 0 spiro atoms. The highest BCUT2D eigenvalue weighted by Gasteiger charge is 2.14. The standard InChI is InChI=1S/C24H16Cl2FN7/c25-15-7-14-5-12(1-3-17(14)28-9-15)6-19-33-22-23(31-11-32-24(22)34-19)30-8-13-2-4-18-20(21(13)27)16(26)10-29-18/h1-5,7,9-11,29H,6,8H2,(H2,30,31,32,33,34). The fourth-order valence-corrected chi connectivity index (χ4v) is 4.46. The van der Waals surface area contributed by atoms with Crippen LogP contribution in [0.2, 0.25) is 10.0 Å². The van der Waals surface area contributed by atoms with Gasteiger partial charge in [-0.2, -0.15) is 0 Å². The van der Waals surface area contributed by atoms with Crippen molar-refractivity contribution in [2.75, 3.05) is 5.32 Å². The number of fused-ring (bicyclic) bond motifs is 3. The minimum atomic E-state index is -0.363. The van der Waals surface area contributed by atoms with Gasteiger partial charge in [0.15, 0.2) is 11.5 Å². The van der Waals surface area contributed by atoms with Gasteiger partial charge < -0.3 is 15.3 Å². The summed E-state index contributed by atoms with van der Waals surface area (Å²) in [6, 6.07) is 11.4. The topological polar surface area (TPSA) is 95.2 Å². The Labute approximate surface area is 202 Å². The summed E-state index contributed by atoms with van der Waals surface area (Å²) in [5.41, 5.74) is 4.25. The lowest BCUT2D eigenvalue weighted by Gasteiger charge is -2.08. The van der Waals surface area contributed by atoms with E-state index in [2.05, 4.69) is 35.2 Å². The van der Waals surface area contributed by atoms with Gasteiger partial charge in [-0.15, -0.1) is 0 Å². The summed E-state index contributed by atoms with van der Waals surface area (Å²) < 4.78 is 15.0. The van der Waals surface area contributed by atoms with Gasteiger partial charge in [0, 0.05) is 41.8 Å².